The second kappa shape index (κ2) is 6.13. The summed E-state index contributed by atoms with van der Waals surface area (Å²) in [6.45, 7) is 3.79. The zero-order valence-corrected chi connectivity index (χ0v) is 12.5. The van der Waals surface area contributed by atoms with Gasteiger partial charge in [-0.1, -0.05) is 0 Å². The molecule has 1 amide bonds. The first-order valence-electron chi connectivity index (χ1n) is 7.44. The molecule has 0 saturated carbocycles. The molecule has 7 nitrogen and oxygen atoms in total. The second-order valence-corrected chi connectivity index (χ2v) is 5.76. The van der Waals surface area contributed by atoms with E-state index in [1.165, 1.54) is 12.5 Å². The molecule has 1 N–H and O–H groups in total. The van der Waals surface area contributed by atoms with Crippen LogP contribution in [0.4, 0.5) is 0 Å². The number of aromatic amines is 1. The Balaban J connectivity index is 1.72. The second-order valence-electron chi connectivity index (χ2n) is 5.76. The number of carbonyl (C=O) groups is 1. The van der Waals surface area contributed by atoms with Gasteiger partial charge in [0.15, 0.2) is 5.43 Å². The first-order valence-corrected chi connectivity index (χ1v) is 7.44. The van der Waals surface area contributed by atoms with Gasteiger partial charge in [0, 0.05) is 37.6 Å². The van der Waals surface area contributed by atoms with Crippen molar-refractivity contribution < 1.29 is 4.79 Å². The molecule has 1 aliphatic rings. The first kappa shape index (κ1) is 14.5. The van der Waals surface area contributed by atoms with Crippen LogP contribution in [-0.4, -0.2) is 43.6 Å². The van der Waals surface area contributed by atoms with E-state index in [1.807, 2.05) is 0 Å². The molecule has 3 heterocycles. The Hall–Kier alpha value is -2.44. The van der Waals surface area contributed by atoms with Crippen molar-refractivity contribution in [3.63, 3.8) is 0 Å². The summed E-state index contributed by atoms with van der Waals surface area (Å²) in [7, 11) is 0. The summed E-state index contributed by atoms with van der Waals surface area (Å²) in [5, 5.41) is 4.11. The van der Waals surface area contributed by atoms with E-state index in [1.54, 1.807) is 29.0 Å². The molecule has 1 fully saturated rings. The third-order valence-corrected chi connectivity index (χ3v) is 4.08. The molecule has 2 aromatic heterocycles. The summed E-state index contributed by atoms with van der Waals surface area (Å²) in [5.41, 5.74) is 0.589. The van der Waals surface area contributed by atoms with Gasteiger partial charge >= 0.3 is 0 Å². The van der Waals surface area contributed by atoms with Crippen LogP contribution in [0, 0.1) is 12.8 Å². The molecular weight excluding hydrogens is 282 g/mol. The average Bonchev–Trinajstić information content (AvgIpc) is 3.02. The molecule has 1 atom stereocenters. The third kappa shape index (κ3) is 2.93. The molecule has 1 saturated heterocycles. The van der Waals surface area contributed by atoms with Gasteiger partial charge in [-0.05, 0) is 25.7 Å². The number of hydrogen-bond donors (Lipinski definition) is 1. The molecule has 0 radical (unpaired) electrons. The summed E-state index contributed by atoms with van der Waals surface area (Å²) in [4.78, 5) is 33.3. The van der Waals surface area contributed by atoms with Crippen molar-refractivity contribution in [1.82, 2.24) is 24.6 Å². The number of H-pyrrole nitrogens is 1. The third-order valence-electron chi connectivity index (χ3n) is 4.08. The Morgan fingerprint density at radius 3 is 3.09 bits per heavy atom. The van der Waals surface area contributed by atoms with Gasteiger partial charge in [0.25, 0.3) is 5.91 Å². The number of likely N-dealkylation sites (tertiary alicyclic amines) is 1. The lowest BCUT2D eigenvalue weighted by atomic mass is 9.97. The summed E-state index contributed by atoms with van der Waals surface area (Å²) in [5.74, 6) is 0.150. The predicted molar refractivity (Wildman–Crippen MR) is 80.4 cm³/mol. The SMILES string of the molecule is Cc1c[nH]cc(C(=O)N2CCCC(Cn3cncn3)C2)c1=O. The van der Waals surface area contributed by atoms with E-state index in [9.17, 15) is 9.59 Å². The average molecular weight is 301 g/mol. The molecule has 0 spiro atoms. The van der Waals surface area contributed by atoms with Crippen LogP contribution in [0.25, 0.3) is 0 Å². The highest BCUT2D eigenvalue weighted by atomic mass is 16.2. The van der Waals surface area contributed by atoms with E-state index in [0.29, 0.717) is 24.6 Å². The minimum absolute atomic E-state index is 0.187. The molecule has 116 valence electrons. The fraction of sp³-hybridized carbons (Fsp3) is 0.467. The summed E-state index contributed by atoms with van der Waals surface area (Å²) in [6, 6.07) is 0. The van der Waals surface area contributed by atoms with Gasteiger partial charge in [0.2, 0.25) is 0 Å². The van der Waals surface area contributed by atoms with Crippen molar-refractivity contribution in [2.45, 2.75) is 26.3 Å². The van der Waals surface area contributed by atoms with Gasteiger partial charge in [-0.2, -0.15) is 5.10 Å². The van der Waals surface area contributed by atoms with Gasteiger partial charge in [0.05, 0.1) is 0 Å². The standard InChI is InChI=1S/C15H19N5O2/c1-11-5-16-6-13(14(11)21)15(22)19-4-2-3-12(7-19)8-20-10-17-9-18-20/h5-6,9-10,12H,2-4,7-8H2,1H3,(H,16,21). The maximum Gasteiger partial charge on any atom is 0.259 e. The molecule has 7 heteroatoms. The minimum atomic E-state index is -0.192. The quantitative estimate of drug-likeness (QED) is 0.910. The van der Waals surface area contributed by atoms with Gasteiger partial charge in [-0.3, -0.25) is 14.3 Å². The van der Waals surface area contributed by atoms with Gasteiger partial charge < -0.3 is 9.88 Å². The Bertz CT molecular complexity index is 707. The van der Waals surface area contributed by atoms with E-state index in [4.69, 9.17) is 0 Å². The molecule has 0 bridgehead atoms. The van der Waals surface area contributed by atoms with Crippen molar-refractivity contribution >= 4 is 5.91 Å². The largest absolute Gasteiger partial charge is 0.366 e. The van der Waals surface area contributed by atoms with E-state index in [2.05, 4.69) is 15.1 Å². The van der Waals surface area contributed by atoms with Crippen LogP contribution in [0.5, 0.6) is 0 Å². The number of aromatic nitrogens is 4. The number of rotatable bonds is 3. The highest BCUT2D eigenvalue weighted by Crippen LogP contribution is 2.19. The van der Waals surface area contributed by atoms with Crippen molar-refractivity contribution in [2.24, 2.45) is 5.92 Å². The van der Waals surface area contributed by atoms with Crippen molar-refractivity contribution in [1.29, 1.82) is 0 Å². The van der Waals surface area contributed by atoms with Crippen LogP contribution in [0.2, 0.25) is 0 Å². The van der Waals surface area contributed by atoms with Crippen LogP contribution in [-0.2, 0) is 6.54 Å². The normalized spacial score (nSPS) is 18.4. The first-order chi connectivity index (χ1) is 10.6. The van der Waals surface area contributed by atoms with Gasteiger partial charge in [-0.15, -0.1) is 0 Å². The molecule has 1 aliphatic heterocycles. The topological polar surface area (TPSA) is 83.9 Å². The van der Waals surface area contributed by atoms with E-state index in [-0.39, 0.29) is 16.9 Å². The number of hydrogen-bond acceptors (Lipinski definition) is 4. The molecule has 22 heavy (non-hydrogen) atoms. The molecule has 1 unspecified atom stereocenters. The van der Waals surface area contributed by atoms with Crippen LogP contribution in [0.1, 0.15) is 28.8 Å². The maximum absolute atomic E-state index is 12.6. The number of carbonyl (C=O) groups excluding carboxylic acids is 1. The summed E-state index contributed by atoms with van der Waals surface area (Å²) < 4.78 is 1.79. The van der Waals surface area contributed by atoms with Crippen LogP contribution in [0.3, 0.4) is 0 Å². The maximum atomic E-state index is 12.6. The summed E-state index contributed by atoms with van der Waals surface area (Å²) >= 11 is 0. The van der Waals surface area contributed by atoms with Gasteiger partial charge in [-0.25, -0.2) is 4.98 Å². The number of pyridine rings is 1. The van der Waals surface area contributed by atoms with E-state index < -0.39 is 0 Å². The Labute approximate surface area is 128 Å². The molecule has 2 aromatic rings. The molecular formula is C15H19N5O2. The predicted octanol–water partition coefficient (Wildman–Crippen LogP) is 0.827. The summed E-state index contributed by atoms with van der Waals surface area (Å²) in [6.07, 6.45) is 8.30. The van der Waals surface area contributed by atoms with Crippen molar-refractivity contribution in [3.8, 4) is 0 Å². The molecule has 0 aliphatic carbocycles. The zero-order chi connectivity index (χ0) is 15.5. The number of nitrogens with one attached hydrogen (secondary N) is 1. The fourth-order valence-corrected chi connectivity index (χ4v) is 2.91. The Morgan fingerprint density at radius 1 is 1.45 bits per heavy atom. The lowest BCUT2D eigenvalue weighted by Gasteiger charge is -2.32. The lowest BCUT2D eigenvalue weighted by Crippen LogP contribution is -2.42. The minimum Gasteiger partial charge on any atom is -0.366 e. The van der Waals surface area contributed by atoms with Crippen LogP contribution in [0.15, 0.2) is 29.8 Å². The van der Waals surface area contributed by atoms with Crippen molar-refractivity contribution in [2.75, 3.05) is 13.1 Å². The number of amides is 1. The number of aryl methyl sites for hydroxylation is 1. The van der Waals surface area contributed by atoms with Gasteiger partial charge in [0.1, 0.15) is 18.2 Å². The van der Waals surface area contributed by atoms with E-state index >= 15 is 0 Å². The number of nitrogens with zero attached hydrogens (tertiary/aromatic N) is 4. The Morgan fingerprint density at radius 2 is 2.32 bits per heavy atom. The smallest absolute Gasteiger partial charge is 0.259 e. The fourth-order valence-electron chi connectivity index (χ4n) is 2.91. The number of piperidine rings is 1. The van der Waals surface area contributed by atoms with Crippen LogP contribution >= 0.6 is 0 Å². The highest BCUT2D eigenvalue weighted by molar-refractivity contribution is 5.94. The molecule has 0 aromatic carbocycles. The highest BCUT2D eigenvalue weighted by Gasteiger charge is 2.26. The molecule has 3 rings (SSSR count). The zero-order valence-electron chi connectivity index (χ0n) is 12.5. The van der Waals surface area contributed by atoms with Crippen LogP contribution < -0.4 is 5.43 Å². The Kier molecular flexibility index (Phi) is 4.04. The van der Waals surface area contributed by atoms with E-state index in [0.717, 1.165) is 19.4 Å². The van der Waals surface area contributed by atoms with Crippen molar-refractivity contribution in [3.05, 3.63) is 46.4 Å². The lowest BCUT2D eigenvalue weighted by molar-refractivity contribution is 0.0658. The monoisotopic (exact) mass is 301 g/mol.